The molecule has 5 nitrogen and oxygen atoms in total. The zero-order valence-electron chi connectivity index (χ0n) is 18.9. The molecule has 1 fully saturated rings. The Hall–Kier alpha value is -3.08. The van der Waals surface area contributed by atoms with Gasteiger partial charge in [0.25, 0.3) is 11.7 Å². The number of hydrogen-bond acceptors (Lipinski definition) is 4. The van der Waals surface area contributed by atoms with Crippen molar-refractivity contribution >= 4 is 23.1 Å². The van der Waals surface area contributed by atoms with E-state index in [2.05, 4.69) is 6.92 Å². The van der Waals surface area contributed by atoms with Gasteiger partial charge in [-0.1, -0.05) is 68.1 Å². The molecule has 1 heterocycles. The van der Waals surface area contributed by atoms with E-state index in [4.69, 9.17) is 0 Å². The first kappa shape index (κ1) is 22.6. The van der Waals surface area contributed by atoms with Crippen molar-refractivity contribution in [1.82, 2.24) is 4.90 Å². The number of nitrogens with zero attached hydrogens (tertiary/aromatic N) is 2. The molecule has 5 heteroatoms. The first-order chi connectivity index (χ1) is 14.8. The Bertz CT molecular complexity index is 959. The number of rotatable bonds is 8. The number of amides is 1. The molecule has 0 bridgehead atoms. The number of carbonyl (C=O) groups is 2. The van der Waals surface area contributed by atoms with Gasteiger partial charge in [0.15, 0.2) is 0 Å². The van der Waals surface area contributed by atoms with Crippen molar-refractivity contribution < 1.29 is 14.7 Å². The normalized spacial score (nSPS) is 17.9. The molecular weight excluding hydrogens is 388 g/mol. The van der Waals surface area contributed by atoms with Gasteiger partial charge in [0, 0.05) is 31.9 Å². The largest absolute Gasteiger partial charge is 0.507 e. The molecule has 1 saturated heterocycles. The van der Waals surface area contributed by atoms with E-state index in [1.165, 1.54) is 0 Å². The number of anilines is 1. The van der Waals surface area contributed by atoms with Crippen molar-refractivity contribution in [1.29, 1.82) is 0 Å². The van der Waals surface area contributed by atoms with Gasteiger partial charge in [0.05, 0.1) is 11.6 Å². The molecule has 31 heavy (non-hydrogen) atoms. The zero-order valence-corrected chi connectivity index (χ0v) is 18.9. The lowest BCUT2D eigenvalue weighted by atomic mass is 9.94. The van der Waals surface area contributed by atoms with Crippen LogP contribution in [0.5, 0.6) is 0 Å². The molecule has 1 aliphatic rings. The number of ketones is 1. The van der Waals surface area contributed by atoms with Crippen molar-refractivity contribution in [3.05, 3.63) is 70.8 Å². The molecule has 0 aromatic heterocycles. The lowest BCUT2D eigenvalue weighted by molar-refractivity contribution is -0.139. The summed E-state index contributed by atoms with van der Waals surface area (Å²) in [7, 11) is 3.93. The molecule has 0 saturated carbocycles. The summed E-state index contributed by atoms with van der Waals surface area (Å²) in [4.78, 5) is 29.6. The standard InChI is InChI=1S/C26H32N2O3/c1-5-6-7-8-17-28-23(19-13-15-21(16-14-19)27(3)4)22(25(30)26(28)31)24(29)20-11-9-18(2)10-12-20/h9-16,23,29H,5-8,17H2,1-4H3/b24-22+/t23-/m0/s1. The van der Waals surface area contributed by atoms with E-state index in [9.17, 15) is 14.7 Å². The Morgan fingerprint density at radius 2 is 1.61 bits per heavy atom. The predicted octanol–water partition coefficient (Wildman–Crippen LogP) is 5.06. The summed E-state index contributed by atoms with van der Waals surface area (Å²) in [5.74, 6) is -1.27. The van der Waals surface area contributed by atoms with Gasteiger partial charge in [-0.15, -0.1) is 0 Å². The predicted molar refractivity (Wildman–Crippen MR) is 125 cm³/mol. The van der Waals surface area contributed by atoms with E-state index >= 15 is 0 Å². The molecule has 0 spiro atoms. The number of unbranched alkanes of at least 4 members (excludes halogenated alkanes) is 3. The number of carbonyl (C=O) groups excluding carboxylic acids is 2. The summed E-state index contributed by atoms with van der Waals surface area (Å²) in [5.41, 5.74) is 3.63. The number of Topliss-reactive ketones (excluding diaryl/α,β-unsaturated/α-hetero) is 1. The SMILES string of the molecule is CCCCCCN1C(=O)C(=O)/C(=C(/O)c2ccc(C)cc2)[C@@H]1c1ccc(N(C)C)cc1. The van der Waals surface area contributed by atoms with Crippen LogP contribution in [0.2, 0.25) is 0 Å². The Morgan fingerprint density at radius 1 is 0.968 bits per heavy atom. The van der Waals surface area contributed by atoms with Crippen LogP contribution >= 0.6 is 0 Å². The smallest absolute Gasteiger partial charge is 0.295 e. The molecule has 1 aliphatic heterocycles. The fourth-order valence-electron chi connectivity index (χ4n) is 3.99. The molecule has 1 amide bonds. The summed E-state index contributed by atoms with van der Waals surface area (Å²) in [6.45, 7) is 4.60. The van der Waals surface area contributed by atoms with Crippen LogP contribution in [-0.2, 0) is 9.59 Å². The third-order valence-electron chi connectivity index (χ3n) is 5.84. The lowest BCUT2D eigenvalue weighted by Gasteiger charge is -2.26. The summed E-state index contributed by atoms with van der Waals surface area (Å²) in [5, 5.41) is 11.1. The minimum atomic E-state index is -0.616. The van der Waals surface area contributed by atoms with Crippen molar-refractivity contribution in [3.8, 4) is 0 Å². The summed E-state index contributed by atoms with van der Waals surface area (Å²) in [6, 6.07) is 14.6. The van der Waals surface area contributed by atoms with E-state index in [0.29, 0.717) is 12.1 Å². The molecule has 0 aliphatic carbocycles. The first-order valence-electron chi connectivity index (χ1n) is 11.0. The van der Waals surface area contributed by atoms with E-state index in [-0.39, 0.29) is 11.3 Å². The van der Waals surface area contributed by atoms with Crippen molar-refractivity contribution in [2.75, 3.05) is 25.5 Å². The highest BCUT2D eigenvalue weighted by Crippen LogP contribution is 2.40. The summed E-state index contributed by atoms with van der Waals surface area (Å²) >= 11 is 0. The molecule has 0 unspecified atom stereocenters. The highest BCUT2D eigenvalue weighted by atomic mass is 16.3. The van der Waals surface area contributed by atoms with Crippen LogP contribution in [0.3, 0.4) is 0 Å². The molecule has 3 rings (SSSR count). The molecule has 164 valence electrons. The highest BCUT2D eigenvalue weighted by molar-refractivity contribution is 6.46. The van der Waals surface area contributed by atoms with Crippen LogP contribution in [0.4, 0.5) is 5.69 Å². The third-order valence-corrected chi connectivity index (χ3v) is 5.84. The van der Waals surface area contributed by atoms with Crippen LogP contribution in [0.25, 0.3) is 5.76 Å². The van der Waals surface area contributed by atoms with E-state index in [0.717, 1.165) is 42.5 Å². The molecular formula is C26H32N2O3. The second-order valence-electron chi connectivity index (χ2n) is 8.41. The van der Waals surface area contributed by atoms with E-state index < -0.39 is 17.7 Å². The Balaban J connectivity index is 2.06. The number of likely N-dealkylation sites (tertiary alicyclic amines) is 1. The second-order valence-corrected chi connectivity index (χ2v) is 8.41. The first-order valence-corrected chi connectivity index (χ1v) is 11.0. The molecule has 1 atom stereocenters. The van der Waals surface area contributed by atoms with Crippen LogP contribution in [-0.4, -0.2) is 42.3 Å². The maximum atomic E-state index is 13.0. The van der Waals surface area contributed by atoms with Gasteiger partial charge in [-0.25, -0.2) is 0 Å². The maximum Gasteiger partial charge on any atom is 0.295 e. The van der Waals surface area contributed by atoms with Gasteiger partial charge in [-0.2, -0.15) is 0 Å². The van der Waals surface area contributed by atoms with E-state index in [1.807, 2.05) is 62.3 Å². The van der Waals surface area contributed by atoms with Crippen LogP contribution < -0.4 is 4.90 Å². The number of benzene rings is 2. The van der Waals surface area contributed by atoms with Gasteiger partial charge in [0.1, 0.15) is 5.76 Å². The Labute approximate surface area is 185 Å². The third kappa shape index (κ3) is 4.82. The quantitative estimate of drug-likeness (QED) is 0.281. The summed E-state index contributed by atoms with van der Waals surface area (Å²) in [6.07, 6.45) is 4.03. The zero-order chi connectivity index (χ0) is 22.5. The van der Waals surface area contributed by atoms with Crippen LogP contribution in [0.15, 0.2) is 54.1 Å². The van der Waals surface area contributed by atoms with Gasteiger partial charge in [0.2, 0.25) is 0 Å². The van der Waals surface area contributed by atoms with Gasteiger partial charge >= 0.3 is 0 Å². The van der Waals surface area contributed by atoms with Crippen LogP contribution in [0.1, 0.15) is 55.3 Å². The minimum Gasteiger partial charge on any atom is -0.507 e. The highest BCUT2D eigenvalue weighted by Gasteiger charge is 2.45. The van der Waals surface area contributed by atoms with Gasteiger partial charge in [-0.3, -0.25) is 9.59 Å². The number of aryl methyl sites for hydroxylation is 1. The maximum absolute atomic E-state index is 13.0. The van der Waals surface area contributed by atoms with E-state index in [1.54, 1.807) is 17.0 Å². The van der Waals surface area contributed by atoms with Crippen molar-refractivity contribution in [2.24, 2.45) is 0 Å². The molecule has 1 N–H and O–H groups in total. The fraction of sp³-hybridized carbons (Fsp3) is 0.385. The van der Waals surface area contributed by atoms with Crippen molar-refractivity contribution in [3.63, 3.8) is 0 Å². The molecule has 0 radical (unpaired) electrons. The Morgan fingerprint density at radius 3 is 2.19 bits per heavy atom. The molecule has 2 aromatic carbocycles. The van der Waals surface area contributed by atoms with Gasteiger partial charge in [-0.05, 0) is 31.0 Å². The van der Waals surface area contributed by atoms with Gasteiger partial charge < -0.3 is 14.9 Å². The van der Waals surface area contributed by atoms with Crippen LogP contribution in [0, 0.1) is 6.92 Å². The molecule has 2 aromatic rings. The average molecular weight is 421 g/mol. The number of aliphatic hydroxyl groups excluding tert-OH is 1. The number of aliphatic hydroxyl groups is 1. The minimum absolute atomic E-state index is 0.115. The lowest BCUT2D eigenvalue weighted by Crippen LogP contribution is -2.30. The summed E-state index contributed by atoms with van der Waals surface area (Å²) < 4.78 is 0. The number of hydrogen-bond donors (Lipinski definition) is 1. The fourth-order valence-corrected chi connectivity index (χ4v) is 3.99. The average Bonchev–Trinajstić information content (AvgIpc) is 3.01. The Kier molecular flexibility index (Phi) is 7.16. The monoisotopic (exact) mass is 420 g/mol. The van der Waals surface area contributed by atoms with Crippen molar-refractivity contribution in [2.45, 2.75) is 45.6 Å². The second kappa shape index (κ2) is 9.82. The topological polar surface area (TPSA) is 60.9 Å².